The fraction of sp³-hybridized carbons (Fsp3) is 0.471. The smallest absolute Gasteiger partial charge is 0.416 e. The average Bonchev–Trinajstić information content (AvgIpc) is 3.11. The van der Waals surface area contributed by atoms with E-state index in [1.54, 1.807) is 13.4 Å². The first-order valence-corrected chi connectivity index (χ1v) is 8.44. The van der Waals surface area contributed by atoms with Crippen LogP contribution >= 0.6 is 0 Å². The lowest BCUT2D eigenvalue weighted by molar-refractivity contribution is -0.138. The van der Waals surface area contributed by atoms with E-state index < -0.39 is 11.7 Å². The van der Waals surface area contributed by atoms with Crippen molar-refractivity contribution in [2.45, 2.75) is 32.6 Å². The minimum Gasteiger partial charge on any atom is -0.497 e. The van der Waals surface area contributed by atoms with E-state index in [1.807, 2.05) is 11.5 Å². The molecule has 2 rings (SSSR count). The molecule has 10 heteroatoms. The van der Waals surface area contributed by atoms with E-state index in [0.29, 0.717) is 19.0 Å². The molecule has 2 aromatic rings. The van der Waals surface area contributed by atoms with Crippen molar-refractivity contribution in [3.05, 3.63) is 41.5 Å². The van der Waals surface area contributed by atoms with Gasteiger partial charge in [0.15, 0.2) is 5.96 Å². The lowest BCUT2D eigenvalue weighted by atomic mass is 10.1. The number of nitrogens with one attached hydrogen (secondary N) is 2. The fourth-order valence-corrected chi connectivity index (χ4v) is 2.53. The van der Waals surface area contributed by atoms with Gasteiger partial charge in [-0.15, -0.1) is 10.2 Å². The van der Waals surface area contributed by atoms with Crippen molar-refractivity contribution in [3.8, 4) is 5.75 Å². The Labute approximate surface area is 155 Å². The third kappa shape index (κ3) is 5.60. The molecule has 1 aromatic carbocycles. The molecule has 0 aliphatic rings. The second-order valence-corrected chi connectivity index (χ2v) is 5.67. The van der Waals surface area contributed by atoms with Crippen LogP contribution in [0.2, 0.25) is 0 Å². The summed E-state index contributed by atoms with van der Waals surface area (Å²) < 4.78 is 46.6. The maximum absolute atomic E-state index is 13.3. The monoisotopic (exact) mass is 384 g/mol. The van der Waals surface area contributed by atoms with Crippen molar-refractivity contribution in [1.29, 1.82) is 0 Å². The number of hydrogen-bond donors (Lipinski definition) is 2. The highest BCUT2D eigenvalue weighted by Crippen LogP contribution is 2.34. The van der Waals surface area contributed by atoms with E-state index >= 15 is 0 Å². The van der Waals surface area contributed by atoms with Crippen molar-refractivity contribution in [2.75, 3.05) is 20.7 Å². The number of aromatic nitrogens is 3. The molecule has 0 amide bonds. The maximum atomic E-state index is 13.3. The summed E-state index contributed by atoms with van der Waals surface area (Å²) in [4.78, 5) is 4.04. The summed E-state index contributed by atoms with van der Waals surface area (Å²) in [7, 11) is 2.89. The molecule has 0 bridgehead atoms. The zero-order chi connectivity index (χ0) is 19.9. The Morgan fingerprint density at radius 2 is 2.07 bits per heavy atom. The number of hydrogen-bond acceptors (Lipinski definition) is 4. The van der Waals surface area contributed by atoms with E-state index in [2.05, 4.69) is 25.8 Å². The zero-order valence-electron chi connectivity index (χ0n) is 15.5. The van der Waals surface area contributed by atoms with Crippen LogP contribution in [-0.4, -0.2) is 41.4 Å². The highest BCUT2D eigenvalue weighted by Gasteiger charge is 2.33. The minimum atomic E-state index is -4.46. The Morgan fingerprint density at radius 1 is 1.30 bits per heavy atom. The Hall–Kier alpha value is -2.78. The van der Waals surface area contributed by atoms with Gasteiger partial charge in [-0.05, 0) is 17.7 Å². The van der Waals surface area contributed by atoms with Crippen molar-refractivity contribution in [1.82, 2.24) is 25.4 Å². The number of ether oxygens (including phenoxy) is 1. The molecule has 0 spiro atoms. The molecular weight excluding hydrogens is 361 g/mol. The Balaban J connectivity index is 1.96. The van der Waals surface area contributed by atoms with E-state index in [0.717, 1.165) is 18.3 Å². The largest absolute Gasteiger partial charge is 0.497 e. The van der Waals surface area contributed by atoms with Gasteiger partial charge in [0.2, 0.25) is 0 Å². The standard InChI is InChI=1S/C17H23F3N6O/c1-4-15-25-24-11-26(15)8-7-22-16(21-2)23-10-12-5-6-13(27-3)9-14(12)17(18,19)20/h5-6,9,11H,4,7-8,10H2,1-3H3,(H2,21,22,23). The first-order chi connectivity index (χ1) is 12.9. The Bertz CT molecular complexity index is 772. The van der Waals surface area contributed by atoms with Crippen molar-refractivity contribution in [3.63, 3.8) is 0 Å². The predicted octanol–water partition coefficient (Wildman–Crippen LogP) is 2.23. The third-order valence-corrected chi connectivity index (χ3v) is 3.95. The van der Waals surface area contributed by atoms with Gasteiger partial charge >= 0.3 is 6.18 Å². The highest BCUT2D eigenvalue weighted by atomic mass is 19.4. The second-order valence-electron chi connectivity index (χ2n) is 5.67. The van der Waals surface area contributed by atoms with E-state index in [4.69, 9.17) is 4.74 Å². The number of aliphatic imine (C=N–C) groups is 1. The number of rotatable bonds is 7. The predicted molar refractivity (Wildman–Crippen MR) is 95.6 cm³/mol. The van der Waals surface area contributed by atoms with Crippen LogP contribution < -0.4 is 15.4 Å². The first-order valence-electron chi connectivity index (χ1n) is 8.44. The Morgan fingerprint density at radius 3 is 2.70 bits per heavy atom. The number of benzene rings is 1. The molecule has 27 heavy (non-hydrogen) atoms. The molecule has 0 atom stereocenters. The van der Waals surface area contributed by atoms with Crippen LogP contribution in [0.5, 0.6) is 5.75 Å². The van der Waals surface area contributed by atoms with Crippen LogP contribution in [0.25, 0.3) is 0 Å². The van der Waals surface area contributed by atoms with Crippen LogP contribution in [0.4, 0.5) is 13.2 Å². The van der Waals surface area contributed by atoms with Gasteiger partial charge in [-0.25, -0.2) is 0 Å². The van der Waals surface area contributed by atoms with Crippen LogP contribution in [0.3, 0.4) is 0 Å². The molecule has 148 valence electrons. The van der Waals surface area contributed by atoms with Crippen LogP contribution in [-0.2, 0) is 25.7 Å². The molecule has 0 radical (unpaired) electrons. The zero-order valence-corrected chi connectivity index (χ0v) is 15.5. The van der Waals surface area contributed by atoms with Gasteiger partial charge in [0, 0.05) is 33.1 Å². The van der Waals surface area contributed by atoms with E-state index in [1.165, 1.54) is 19.2 Å². The van der Waals surface area contributed by atoms with E-state index in [9.17, 15) is 13.2 Å². The lowest BCUT2D eigenvalue weighted by Crippen LogP contribution is -2.38. The van der Waals surface area contributed by atoms with Gasteiger partial charge in [-0.3, -0.25) is 4.99 Å². The van der Waals surface area contributed by atoms with Crippen molar-refractivity contribution >= 4 is 5.96 Å². The van der Waals surface area contributed by atoms with Gasteiger partial charge in [0.1, 0.15) is 17.9 Å². The number of alkyl halides is 3. The normalized spacial score (nSPS) is 12.1. The van der Waals surface area contributed by atoms with Crippen LogP contribution in [0.15, 0.2) is 29.5 Å². The number of guanidine groups is 1. The summed E-state index contributed by atoms with van der Waals surface area (Å²) in [5, 5.41) is 13.8. The lowest BCUT2D eigenvalue weighted by Gasteiger charge is -2.17. The molecule has 1 heterocycles. The minimum absolute atomic E-state index is 0.0225. The molecule has 0 saturated heterocycles. The first kappa shape index (κ1) is 20.5. The molecular formula is C17H23F3N6O. The summed E-state index contributed by atoms with van der Waals surface area (Å²) in [6, 6.07) is 3.89. The van der Waals surface area contributed by atoms with Gasteiger partial charge in [0.25, 0.3) is 0 Å². The molecule has 0 saturated carbocycles. The van der Waals surface area contributed by atoms with Crippen molar-refractivity contribution < 1.29 is 17.9 Å². The van der Waals surface area contributed by atoms with Gasteiger partial charge in [0.05, 0.1) is 12.7 Å². The molecule has 0 aliphatic carbocycles. The summed E-state index contributed by atoms with van der Waals surface area (Å²) >= 11 is 0. The second kappa shape index (κ2) is 9.24. The Kier molecular flexibility index (Phi) is 7.03. The van der Waals surface area contributed by atoms with Crippen LogP contribution in [0, 0.1) is 0 Å². The number of methoxy groups -OCH3 is 1. The van der Waals surface area contributed by atoms with E-state index in [-0.39, 0.29) is 17.9 Å². The summed E-state index contributed by atoms with van der Waals surface area (Å²) in [6.07, 6.45) is -2.05. The number of halogens is 3. The molecule has 0 unspecified atom stereocenters. The average molecular weight is 384 g/mol. The topological polar surface area (TPSA) is 76.4 Å². The highest BCUT2D eigenvalue weighted by molar-refractivity contribution is 5.79. The summed E-state index contributed by atoms with van der Waals surface area (Å²) in [6.45, 7) is 3.11. The molecule has 1 aromatic heterocycles. The van der Waals surface area contributed by atoms with Gasteiger partial charge < -0.3 is 19.9 Å². The van der Waals surface area contributed by atoms with Crippen molar-refractivity contribution in [2.24, 2.45) is 4.99 Å². The molecule has 2 N–H and O–H groups in total. The van der Waals surface area contributed by atoms with Gasteiger partial charge in [-0.2, -0.15) is 13.2 Å². The quantitative estimate of drug-likeness (QED) is 0.566. The SMILES string of the molecule is CCc1nncn1CCNC(=NC)NCc1ccc(OC)cc1C(F)(F)F. The molecule has 0 fully saturated rings. The fourth-order valence-electron chi connectivity index (χ4n) is 2.53. The molecule has 0 aliphatic heterocycles. The van der Waals surface area contributed by atoms with Crippen LogP contribution in [0.1, 0.15) is 23.9 Å². The third-order valence-electron chi connectivity index (χ3n) is 3.95. The summed E-state index contributed by atoms with van der Waals surface area (Å²) in [5.41, 5.74) is -0.625. The number of nitrogens with zero attached hydrogens (tertiary/aromatic N) is 4. The summed E-state index contributed by atoms with van der Waals surface area (Å²) in [5.74, 6) is 1.44. The van der Waals surface area contributed by atoms with Gasteiger partial charge in [-0.1, -0.05) is 13.0 Å². The maximum Gasteiger partial charge on any atom is 0.416 e. The number of aryl methyl sites for hydroxylation is 1. The molecule has 7 nitrogen and oxygen atoms in total.